The molecule has 0 aliphatic heterocycles. The van der Waals surface area contributed by atoms with Crippen LogP contribution in [0.15, 0.2) is 18.2 Å². The van der Waals surface area contributed by atoms with Gasteiger partial charge in [0.2, 0.25) is 0 Å². The number of aliphatic carboxylic acids is 1. The molecule has 0 radical (unpaired) electrons. The van der Waals surface area contributed by atoms with Crippen LogP contribution in [-0.2, 0) is 24.1 Å². The Kier molecular flexibility index (Phi) is 4.46. The molecule has 1 heterocycles. The summed E-state index contributed by atoms with van der Waals surface area (Å²) >= 11 is 0. The highest BCUT2D eigenvalue weighted by atomic mass is 16.4. The van der Waals surface area contributed by atoms with E-state index < -0.39 is 5.97 Å². The number of aromatic nitrogens is 2. The van der Waals surface area contributed by atoms with Crippen molar-refractivity contribution < 1.29 is 9.90 Å². The molecule has 1 aromatic carbocycles. The molecular formula is C17H22N2O2. The van der Waals surface area contributed by atoms with Crippen molar-refractivity contribution >= 4 is 5.97 Å². The van der Waals surface area contributed by atoms with Crippen molar-refractivity contribution in [2.24, 2.45) is 0 Å². The standard InChI is InChI=1S/C17H22N2O2/c1-5-14-13(10-17(20)21)15(6-2)19(18-14)16-8-7-11(3)9-12(16)4/h7-9H,5-6,10H2,1-4H3,(H,20,21). The fraction of sp³-hybridized carbons (Fsp3) is 0.412. The van der Waals surface area contributed by atoms with Gasteiger partial charge in [-0.25, -0.2) is 4.68 Å². The maximum Gasteiger partial charge on any atom is 0.307 e. The maximum atomic E-state index is 11.1. The molecule has 0 amide bonds. The van der Waals surface area contributed by atoms with Gasteiger partial charge in [0.1, 0.15) is 0 Å². The Morgan fingerprint density at radius 2 is 1.95 bits per heavy atom. The lowest BCUT2D eigenvalue weighted by molar-refractivity contribution is -0.136. The number of aryl methyl sites for hydroxylation is 3. The van der Waals surface area contributed by atoms with Gasteiger partial charge < -0.3 is 5.11 Å². The first-order chi connectivity index (χ1) is 9.97. The van der Waals surface area contributed by atoms with Gasteiger partial charge in [0, 0.05) is 11.3 Å². The van der Waals surface area contributed by atoms with E-state index in [1.807, 2.05) is 18.5 Å². The summed E-state index contributed by atoms with van der Waals surface area (Å²) in [4.78, 5) is 11.1. The SMILES string of the molecule is CCc1nn(-c2ccc(C)cc2C)c(CC)c1CC(=O)O. The summed E-state index contributed by atoms with van der Waals surface area (Å²) in [5, 5.41) is 13.8. The molecule has 1 N–H and O–H groups in total. The van der Waals surface area contributed by atoms with Crippen molar-refractivity contribution in [3.63, 3.8) is 0 Å². The first-order valence-corrected chi connectivity index (χ1v) is 7.37. The molecule has 0 bridgehead atoms. The van der Waals surface area contributed by atoms with Crippen molar-refractivity contribution in [3.8, 4) is 5.69 Å². The number of rotatable bonds is 5. The Balaban J connectivity index is 2.63. The summed E-state index contributed by atoms with van der Waals surface area (Å²) in [6.07, 6.45) is 1.55. The minimum absolute atomic E-state index is 0.0389. The Bertz CT molecular complexity index is 672. The number of hydrogen-bond acceptors (Lipinski definition) is 2. The second-order valence-electron chi connectivity index (χ2n) is 5.35. The van der Waals surface area contributed by atoms with Crippen molar-refractivity contribution in [1.82, 2.24) is 9.78 Å². The lowest BCUT2D eigenvalue weighted by atomic mass is 10.1. The third-order valence-electron chi connectivity index (χ3n) is 3.75. The van der Waals surface area contributed by atoms with Gasteiger partial charge in [-0.05, 0) is 38.3 Å². The van der Waals surface area contributed by atoms with Gasteiger partial charge in [-0.15, -0.1) is 0 Å². The number of nitrogens with zero attached hydrogens (tertiary/aromatic N) is 2. The van der Waals surface area contributed by atoms with Crippen molar-refractivity contribution in [1.29, 1.82) is 0 Å². The van der Waals surface area contributed by atoms with Crippen LogP contribution in [0, 0.1) is 13.8 Å². The lowest BCUT2D eigenvalue weighted by Gasteiger charge is -2.11. The summed E-state index contributed by atoms with van der Waals surface area (Å²) in [6, 6.07) is 6.24. The predicted octanol–water partition coefficient (Wildman–Crippen LogP) is 3.24. The van der Waals surface area contributed by atoms with Crippen molar-refractivity contribution in [3.05, 3.63) is 46.3 Å². The normalized spacial score (nSPS) is 10.9. The van der Waals surface area contributed by atoms with Crippen LogP contribution < -0.4 is 0 Å². The van der Waals surface area contributed by atoms with E-state index in [9.17, 15) is 4.79 Å². The zero-order chi connectivity index (χ0) is 15.6. The minimum atomic E-state index is -0.806. The van der Waals surface area contributed by atoms with Gasteiger partial charge >= 0.3 is 5.97 Å². The van der Waals surface area contributed by atoms with E-state index in [0.29, 0.717) is 0 Å². The Hall–Kier alpha value is -2.10. The van der Waals surface area contributed by atoms with Crippen LogP contribution in [0.25, 0.3) is 5.69 Å². The van der Waals surface area contributed by atoms with E-state index in [4.69, 9.17) is 5.11 Å². The molecule has 112 valence electrons. The molecule has 0 aliphatic rings. The van der Waals surface area contributed by atoms with Gasteiger partial charge in [0.05, 0.1) is 17.8 Å². The summed E-state index contributed by atoms with van der Waals surface area (Å²) in [5.74, 6) is -0.806. The van der Waals surface area contributed by atoms with E-state index in [0.717, 1.165) is 41.0 Å². The highest BCUT2D eigenvalue weighted by Crippen LogP contribution is 2.23. The zero-order valence-corrected chi connectivity index (χ0v) is 13.1. The largest absolute Gasteiger partial charge is 0.481 e. The second kappa shape index (κ2) is 6.12. The average Bonchev–Trinajstić information content (AvgIpc) is 2.75. The molecule has 0 atom stereocenters. The van der Waals surface area contributed by atoms with Crippen LogP contribution in [-0.4, -0.2) is 20.9 Å². The van der Waals surface area contributed by atoms with Gasteiger partial charge in [-0.1, -0.05) is 31.5 Å². The Morgan fingerprint density at radius 3 is 2.48 bits per heavy atom. The van der Waals surface area contributed by atoms with E-state index >= 15 is 0 Å². The minimum Gasteiger partial charge on any atom is -0.481 e. The summed E-state index contributed by atoms with van der Waals surface area (Å²) in [6.45, 7) is 8.18. The lowest BCUT2D eigenvalue weighted by Crippen LogP contribution is -2.07. The van der Waals surface area contributed by atoms with Crippen LogP contribution in [0.4, 0.5) is 0 Å². The van der Waals surface area contributed by atoms with Gasteiger partial charge in [-0.3, -0.25) is 4.79 Å². The Labute approximate surface area is 125 Å². The summed E-state index contributed by atoms with van der Waals surface area (Å²) in [5.41, 5.74) is 6.14. The smallest absolute Gasteiger partial charge is 0.307 e. The van der Waals surface area contributed by atoms with Crippen LogP contribution >= 0.6 is 0 Å². The monoisotopic (exact) mass is 286 g/mol. The van der Waals surface area contributed by atoms with E-state index in [2.05, 4.69) is 37.1 Å². The molecule has 4 heteroatoms. The molecular weight excluding hydrogens is 264 g/mol. The Morgan fingerprint density at radius 1 is 1.24 bits per heavy atom. The third-order valence-corrected chi connectivity index (χ3v) is 3.75. The zero-order valence-electron chi connectivity index (χ0n) is 13.1. The van der Waals surface area contributed by atoms with Crippen molar-refractivity contribution in [2.75, 3.05) is 0 Å². The van der Waals surface area contributed by atoms with Gasteiger partial charge in [0.25, 0.3) is 0 Å². The van der Waals surface area contributed by atoms with Gasteiger partial charge in [0.15, 0.2) is 0 Å². The van der Waals surface area contributed by atoms with E-state index in [1.54, 1.807) is 0 Å². The summed E-state index contributed by atoms with van der Waals surface area (Å²) in [7, 11) is 0. The molecule has 0 saturated carbocycles. The predicted molar refractivity (Wildman–Crippen MR) is 83.1 cm³/mol. The molecule has 21 heavy (non-hydrogen) atoms. The number of hydrogen-bond donors (Lipinski definition) is 1. The highest BCUT2D eigenvalue weighted by Gasteiger charge is 2.19. The molecule has 1 aromatic heterocycles. The molecule has 4 nitrogen and oxygen atoms in total. The van der Waals surface area contributed by atoms with E-state index in [1.165, 1.54) is 5.56 Å². The molecule has 0 spiro atoms. The molecule has 0 saturated heterocycles. The van der Waals surface area contributed by atoms with Crippen LogP contribution in [0.3, 0.4) is 0 Å². The third kappa shape index (κ3) is 2.99. The van der Waals surface area contributed by atoms with Crippen LogP contribution in [0.2, 0.25) is 0 Å². The molecule has 2 aromatic rings. The molecule has 0 fully saturated rings. The topological polar surface area (TPSA) is 55.1 Å². The first-order valence-electron chi connectivity index (χ1n) is 7.37. The molecule has 0 unspecified atom stereocenters. The van der Waals surface area contributed by atoms with Crippen LogP contribution in [0.1, 0.15) is 41.9 Å². The van der Waals surface area contributed by atoms with Crippen LogP contribution in [0.5, 0.6) is 0 Å². The fourth-order valence-corrected chi connectivity index (χ4v) is 2.78. The highest BCUT2D eigenvalue weighted by molar-refractivity contribution is 5.71. The summed E-state index contributed by atoms with van der Waals surface area (Å²) < 4.78 is 1.92. The first kappa shape index (κ1) is 15.3. The van der Waals surface area contributed by atoms with E-state index in [-0.39, 0.29) is 6.42 Å². The second-order valence-corrected chi connectivity index (χ2v) is 5.35. The number of benzene rings is 1. The molecule has 2 rings (SSSR count). The van der Waals surface area contributed by atoms with Crippen molar-refractivity contribution in [2.45, 2.75) is 47.0 Å². The quantitative estimate of drug-likeness (QED) is 0.918. The number of carboxylic acids is 1. The number of carbonyl (C=O) groups is 1. The molecule has 0 aliphatic carbocycles. The fourth-order valence-electron chi connectivity index (χ4n) is 2.78. The van der Waals surface area contributed by atoms with Gasteiger partial charge in [-0.2, -0.15) is 5.10 Å². The maximum absolute atomic E-state index is 11.1. The number of carboxylic acid groups (broad SMARTS) is 1. The average molecular weight is 286 g/mol.